The molecule has 142 valence electrons. The third-order valence-corrected chi connectivity index (χ3v) is 5.30. The zero-order chi connectivity index (χ0) is 20.1. The van der Waals surface area contributed by atoms with Gasteiger partial charge in [0.2, 0.25) is 0 Å². The third-order valence-electron chi connectivity index (χ3n) is 4.19. The molecule has 0 N–H and O–H groups in total. The van der Waals surface area contributed by atoms with Crippen molar-refractivity contribution in [2.24, 2.45) is 0 Å². The first-order valence-corrected chi connectivity index (χ1v) is 9.00. The van der Waals surface area contributed by atoms with Crippen LogP contribution < -0.4 is 10.6 Å². The molecule has 2 aromatic carbocycles. The van der Waals surface area contributed by atoms with Crippen LogP contribution in [0.4, 0.5) is 26.3 Å². The van der Waals surface area contributed by atoms with Crippen molar-refractivity contribution in [3.8, 4) is 11.1 Å². The molecule has 0 aromatic heterocycles. The van der Waals surface area contributed by atoms with E-state index in [4.69, 9.17) is 0 Å². The zero-order valence-corrected chi connectivity index (χ0v) is 16.9. The predicted molar refractivity (Wildman–Crippen MR) is 98.5 cm³/mol. The van der Waals surface area contributed by atoms with Gasteiger partial charge in [-0.2, -0.15) is 0 Å². The molecule has 2 aromatic rings. The average Bonchev–Trinajstić information content (AvgIpc) is 2.54. The van der Waals surface area contributed by atoms with Crippen LogP contribution in [0.5, 0.6) is 0 Å². The molecule has 0 bridgehead atoms. The second-order valence-corrected chi connectivity index (χ2v) is 7.75. The Bertz CT molecular complexity index is 759. The van der Waals surface area contributed by atoms with E-state index in [1.54, 1.807) is 0 Å². The van der Waals surface area contributed by atoms with Crippen LogP contribution >= 0.6 is 18.5 Å². The van der Waals surface area contributed by atoms with Crippen LogP contribution in [0.1, 0.15) is 50.7 Å². The number of hydrogen-bond donors (Lipinski definition) is 0. The Kier molecular flexibility index (Phi) is 6.09. The molecule has 8 heteroatoms. The largest absolute Gasteiger partial charge is 0.206 e. The minimum Gasteiger partial charge on any atom is -0.206 e. The second kappa shape index (κ2) is 7.48. The summed E-state index contributed by atoms with van der Waals surface area (Å²) in [6.45, 7) is 5.96. The van der Waals surface area contributed by atoms with Gasteiger partial charge in [0.1, 0.15) is 11.6 Å². The summed E-state index contributed by atoms with van der Waals surface area (Å²) in [6, 6.07) is 0. The molecule has 0 fully saturated rings. The van der Waals surface area contributed by atoms with E-state index in [1.807, 2.05) is 18.5 Å². The highest BCUT2D eigenvalue weighted by Crippen LogP contribution is 2.37. The maximum atomic E-state index is 14.8. The molecule has 0 nitrogen and oxygen atoms in total. The summed E-state index contributed by atoms with van der Waals surface area (Å²) in [5.74, 6) is -9.92. The van der Waals surface area contributed by atoms with Gasteiger partial charge in [0.15, 0.2) is 23.3 Å². The summed E-state index contributed by atoms with van der Waals surface area (Å²) in [5.41, 5.74) is -2.89. The monoisotopic (exact) mass is 410 g/mol. The van der Waals surface area contributed by atoms with Crippen LogP contribution in [0, 0.1) is 34.9 Å². The highest BCUT2D eigenvalue weighted by Gasteiger charge is 2.32. The van der Waals surface area contributed by atoms with Crippen molar-refractivity contribution < 1.29 is 26.3 Å². The van der Waals surface area contributed by atoms with Gasteiger partial charge in [0, 0.05) is 27.3 Å². The minimum absolute atomic E-state index is 0.237. The fourth-order valence-electron chi connectivity index (χ4n) is 2.93. The zero-order valence-electron chi connectivity index (χ0n) is 14.6. The molecular formula is C18H18F6P2. The molecule has 0 radical (unpaired) electrons. The number of halogens is 6. The quantitative estimate of drug-likeness (QED) is 0.359. The van der Waals surface area contributed by atoms with Crippen LogP contribution in [0.3, 0.4) is 0 Å². The van der Waals surface area contributed by atoms with Crippen LogP contribution in [-0.4, -0.2) is 0 Å². The van der Waals surface area contributed by atoms with Crippen molar-refractivity contribution in [1.82, 2.24) is 0 Å². The molecular weight excluding hydrogens is 392 g/mol. The van der Waals surface area contributed by atoms with Crippen molar-refractivity contribution in [2.75, 3.05) is 0 Å². The highest BCUT2D eigenvalue weighted by atomic mass is 31.0. The summed E-state index contributed by atoms with van der Waals surface area (Å²) >= 11 is 0. The highest BCUT2D eigenvalue weighted by molar-refractivity contribution is 7.28. The first kappa shape index (κ1) is 21.2. The maximum Gasteiger partial charge on any atom is 0.170 e. The summed E-state index contributed by atoms with van der Waals surface area (Å²) in [6.07, 6.45) is 0. The first-order chi connectivity index (χ1) is 11.9. The molecule has 0 aliphatic carbocycles. The molecule has 0 aliphatic rings. The van der Waals surface area contributed by atoms with Crippen LogP contribution in [0.2, 0.25) is 0 Å². The molecule has 0 saturated heterocycles. The lowest BCUT2D eigenvalue weighted by Crippen LogP contribution is -2.21. The van der Waals surface area contributed by atoms with E-state index in [-0.39, 0.29) is 10.9 Å². The number of hydrogen-bond acceptors (Lipinski definition) is 0. The first-order valence-electron chi connectivity index (χ1n) is 7.85. The molecule has 0 aliphatic heterocycles. The van der Waals surface area contributed by atoms with Crippen LogP contribution in [0.25, 0.3) is 11.1 Å². The van der Waals surface area contributed by atoms with Crippen molar-refractivity contribution in [1.29, 1.82) is 0 Å². The number of rotatable bonds is 3. The fraction of sp³-hybridized carbons (Fsp3) is 0.333. The van der Waals surface area contributed by atoms with E-state index in [9.17, 15) is 26.3 Å². The summed E-state index contributed by atoms with van der Waals surface area (Å²) < 4.78 is 87.3. The lowest BCUT2D eigenvalue weighted by molar-refractivity contribution is 0.470. The third kappa shape index (κ3) is 3.16. The molecule has 26 heavy (non-hydrogen) atoms. The predicted octanol–water partition coefficient (Wildman–Crippen LogP) is 5.44. The summed E-state index contributed by atoms with van der Waals surface area (Å²) in [7, 11) is 3.75. The molecule has 2 unspecified atom stereocenters. The second-order valence-electron chi connectivity index (χ2n) is 6.60. The van der Waals surface area contributed by atoms with E-state index in [0.717, 1.165) is 0 Å². The Morgan fingerprint density at radius 1 is 0.500 bits per heavy atom. The molecule has 0 heterocycles. The van der Waals surface area contributed by atoms with Crippen LogP contribution in [-0.2, 0) is 0 Å². The Labute approximate surface area is 152 Å². The Hall–Kier alpha value is -1.12. The van der Waals surface area contributed by atoms with Gasteiger partial charge in [0.25, 0.3) is 0 Å². The summed E-state index contributed by atoms with van der Waals surface area (Å²) in [4.78, 5) is 0. The van der Waals surface area contributed by atoms with E-state index >= 15 is 0 Å². The van der Waals surface area contributed by atoms with E-state index in [1.165, 1.54) is 27.7 Å². The van der Waals surface area contributed by atoms with Gasteiger partial charge in [-0.05, 0) is 11.8 Å². The van der Waals surface area contributed by atoms with Gasteiger partial charge in [-0.3, -0.25) is 0 Å². The topological polar surface area (TPSA) is 0 Å². The van der Waals surface area contributed by atoms with Gasteiger partial charge in [-0.1, -0.05) is 27.7 Å². The molecule has 0 amide bonds. The number of benzene rings is 2. The SMILES string of the molecule is CC(C)c1c(F)c(F)c(-c2c(F)c(F)c(C(C)C)c(P)c2F)c(P)c1F. The Morgan fingerprint density at radius 2 is 0.923 bits per heavy atom. The standard InChI is InChI=1S/C18H18F6P2/c1-5(2)7-11(19)14(22)10(18(26)15(7)23)9-13(21)12(20)8(6(3)4)17(25)16(9)24/h5-6H,25-26H2,1-4H3. The normalized spacial score (nSPS) is 11.8. The van der Waals surface area contributed by atoms with Crippen LogP contribution in [0.15, 0.2) is 0 Å². The van der Waals surface area contributed by atoms with Gasteiger partial charge >= 0.3 is 0 Å². The van der Waals surface area contributed by atoms with E-state index in [2.05, 4.69) is 0 Å². The molecule has 0 saturated carbocycles. The van der Waals surface area contributed by atoms with Gasteiger partial charge in [0.05, 0.1) is 5.56 Å². The molecule has 2 atom stereocenters. The maximum absolute atomic E-state index is 14.8. The molecule has 2 rings (SSSR count). The fourth-order valence-corrected chi connectivity index (χ4v) is 3.96. The summed E-state index contributed by atoms with van der Waals surface area (Å²) in [5, 5.41) is -0.877. The molecule has 0 spiro atoms. The van der Waals surface area contributed by atoms with Crippen molar-refractivity contribution >= 4 is 29.1 Å². The van der Waals surface area contributed by atoms with Crippen molar-refractivity contribution in [3.63, 3.8) is 0 Å². The van der Waals surface area contributed by atoms with Crippen molar-refractivity contribution in [3.05, 3.63) is 46.0 Å². The Morgan fingerprint density at radius 3 is 1.38 bits per heavy atom. The Balaban J connectivity index is 3.00. The minimum atomic E-state index is -1.68. The average molecular weight is 410 g/mol. The van der Waals surface area contributed by atoms with Crippen molar-refractivity contribution in [2.45, 2.75) is 39.5 Å². The van der Waals surface area contributed by atoms with E-state index in [0.29, 0.717) is 0 Å². The van der Waals surface area contributed by atoms with Gasteiger partial charge in [-0.15, -0.1) is 18.5 Å². The van der Waals surface area contributed by atoms with Gasteiger partial charge in [-0.25, -0.2) is 26.3 Å². The lowest BCUT2D eigenvalue weighted by Gasteiger charge is -2.20. The van der Waals surface area contributed by atoms with Gasteiger partial charge < -0.3 is 0 Å². The van der Waals surface area contributed by atoms with E-state index < -0.39 is 68.7 Å². The smallest absolute Gasteiger partial charge is 0.170 e. The lowest BCUT2D eigenvalue weighted by atomic mass is 9.93.